The second kappa shape index (κ2) is 5.69. The highest BCUT2D eigenvalue weighted by atomic mass is 16.5. The Balaban J connectivity index is 1.77. The maximum atomic E-state index is 6.27. The number of hydrogen-bond donors (Lipinski definition) is 0. The zero-order valence-electron chi connectivity index (χ0n) is 12.4. The highest BCUT2D eigenvalue weighted by molar-refractivity contribution is 5.44. The van der Waals surface area contributed by atoms with Crippen molar-refractivity contribution in [2.75, 3.05) is 0 Å². The SMILES string of the molecule is c1ccc([C@@H]2C[C@@H](c3ccccc3)Oc3ccccc32)cc1. The maximum Gasteiger partial charge on any atom is 0.125 e. The van der Waals surface area contributed by atoms with Crippen LogP contribution in [0.15, 0.2) is 84.9 Å². The molecule has 0 saturated heterocycles. The quantitative estimate of drug-likeness (QED) is 0.617. The van der Waals surface area contributed by atoms with E-state index in [1.54, 1.807) is 0 Å². The van der Waals surface area contributed by atoms with E-state index in [0.29, 0.717) is 5.92 Å². The molecule has 0 bridgehead atoms. The molecule has 0 saturated carbocycles. The van der Waals surface area contributed by atoms with Crippen molar-refractivity contribution in [1.29, 1.82) is 0 Å². The van der Waals surface area contributed by atoms with Gasteiger partial charge in [0, 0.05) is 11.5 Å². The zero-order chi connectivity index (χ0) is 14.8. The predicted octanol–water partition coefficient (Wildman–Crippen LogP) is 5.34. The molecule has 0 aromatic heterocycles. The molecule has 22 heavy (non-hydrogen) atoms. The van der Waals surface area contributed by atoms with E-state index in [-0.39, 0.29) is 6.10 Å². The summed E-state index contributed by atoms with van der Waals surface area (Å²) in [6, 6.07) is 29.7. The van der Waals surface area contributed by atoms with Gasteiger partial charge in [0.05, 0.1) is 0 Å². The summed E-state index contributed by atoms with van der Waals surface area (Å²) < 4.78 is 6.27. The summed E-state index contributed by atoms with van der Waals surface area (Å²) in [5.74, 6) is 1.40. The fourth-order valence-electron chi connectivity index (χ4n) is 3.29. The van der Waals surface area contributed by atoms with Crippen LogP contribution in [0.4, 0.5) is 0 Å². The molecule has 1 aliphatic heterocycles. The molecule has 0 unspecified atom stereocenters. The molecule has 0 radical (unpaired) electrons. The lowest BCUT2D eigenvalue weighted by Crippen LogP contribution is -2.19. The summed E-state index contributed by atoms with van der Waals surface area (Å²) in [5, 5.41) is 0. The number of hydrogen-bond acceptors (Lipinski definition) is 1. The van der Waals surface area contributed by atoms with E-state index < -0.39 is 0 Å². The molecule has 1 aliphatic rings. The monoisotopic (exact) mass is 286 g/mol. The molecule has 1 nitrogen and oxygen atoms in total. The largest absolute Gasteiger partial charge is 0.485 e. The van der Waals surface area contributed by atoms with Gasteiger partial charge in [-0.05, 0) is 23.6 Å². The van der Waals surface area contributed by atoms with E-state index in [4.69, 9.17) is 4.74 Å². The van der Waals surface area contributed by atoms with Crippen LogP contribution >= 0.6 is 0 Å². The number of benzene rings is 3. The van der Waals surface area contributed by atoms with Gasteiger partial charge in [0.1, 0.15) is 11.9 Å². The highest BCUT2D eigenvalue weighted by Crippen LogP contribution is 2.44. The first-order valence-corrected chi connectivity index (χ1v) is 7.77. The summed E-state index contributed by atoms with van der Waals surface area (Å²) in [6.45, 7) is 0. The third-order valence-corrected chi connectivity index (χ3v) is 4.39. The van der Waals surface area contributed by atoms with E-state index in [0.717, 1.165) is 12.2 Å². The van der Waals surface area contributed by atoms with Gasteiger partial charge in [-0.2, -0.15) is 0 Å². The van der Waals surface area contributed by atoms with Crippen LogP contribution in [0.2, 0.25) is 0 Å². The molecule has 0 spiro atoms. The molecule has 0 N–H and O–H groups in total. The fraction of sp³-hybridized carbons (Fsp3) is 0.143. The van der Waals surface area contributed by atoms with Crippen LogP contribution in [-0.2, 0) is 0 Å². The van der Waals surface area contributed by atoms with Crippen molar-refractivity contribution in [3.8, 4) is 5.75 Å². The van der Waals surface area contributed by atoms with Crippen molar-refractivity contribution in [1.82, 2.24) is 0 Å². The van der Waals surface area contributed by atoms with Crippen LogP contribution in [0.1, 0.15) is 35.1 Å². The Kier molecular flexibility index (Phi) is 3.40. The second-order valence-corrected chi connectivity index (χ2v) is 5.75. The topological polar surface area (TPSA) is 9.23 Å². The third kappa shape index (κ3) is 2.39. The van der Waals surface area contributed by atoms with E-state index >= 15 is 0 Å². The normalized spacial score (nSPS) is 20.0. The Morgan fingerprint density at radius 1 is 0.636 bits per heavy atom. The van der Waals surface area contributed by atoms with E-state index in [1.807, 2.05) is 6.07 Å². The minimum absolute atomic E-state index is 0.112. The summed E-state index contributed by atoms with van der Waals surface area (Å²) >= 11 is 0. The third-order valence-electron chi connectivity index (χ3n) is 4.39. The first-order chi connectivity index (χ1) is 10.9. The summed E-state index contributed by atoms with van der Waals surface area (Å²) in [7, 11) is 0. The number of para-hydroxylation sites is 1. The Morgan fingerprint density at radius 2 is 1.23 bits per heavy atom. The molecule has 108 valence electrons. The first kappa shape index (κ1) is 13.1. The molecule has 4 rings (SSSR count). The van der Waals surface area contributed by atoms with Crippen molar-refractivity contribution in [3.63, 3.8) is 0 Å². The second-order valence-electron chi connectivity index (χ2n) is 5.75. The first-order valence-electron chi connectivity index (χ1n) is 7.77. The Bertz CT molecular complexity index is 749. The fourth-order valence-corrected chi connectivity index (χ4v) is 3.29. The van der Waals surface area contributed by atoms with Gasteiger partial charge in [0.25, 0.3) is 0 Å². The smallest absolute Gasteiger partial charge is 0.125 e. The molecular formula is C21H18O. The van der Waals surface area contributed by atoms with Gasteiger partial charge in [0.2, 0.25) is 0 Å². The van der Waals surface area contributed by atoms with Crippen LogP contribution in [0.25, 0.3) is 0 Å². The van der Waals surface area contributed by atoms with Crippen LogP contribution in [0.3, 0.4) is 0 Å². The Labute approximate surface area is 131 Å². The maximum absolute atomic E-state index is 6.27. The lowest BCUT2D eigenvalue weighted by atomic mass is 9.83. The van der Waals surface area contributed by atoms with Crippen molar-refractivity contribution >= 4 is 0 Å². The van der Waals surface area contributed by atoms with Gasteiger partial charge in [0.15, 0.2) is 0 Å². The van der Waals surface area contributed by atoms with Gasteiger partial charge >= 0.3 is 0 Å². The zero-order valence-corrected chi connectivity index (χ0v) is 12.4. The number of rotatable bonds is 2. The summed E-state index contributed by atoms with van der Waals surface area (Å²) in [6.07, 6.45) is 1.09. The Morgan fingerprint density at radius 3 is 1.95 bits per heavy atom. The van der Waals surface area contributed by atoms with Gasteiger partial charge in [-0.3, -0.25) is 0 Å². The minimum atomic E-state index is 0.112. The van der Waals surface area contributed by atoms with Gasteiger partial charge in [-0.15, -0.1) is 0 Å². The molecular weight excluding hydrogens is 268 g/mol. The van der Waals surface area contributed by atoms with E-state index in [1.165, 1.54) is 16.7 Å². The molecule has 3 aromatic carbocycles. The van der Waals surface area contributed by atoms with E-state index in [2.05, 4.69) is 78.9 Å². The highest BCUT2D eigenvalue weighted by Gasteiger charge is 2.29. The van der Waals surface area contributed by atoms with Gasteiger partial charge in [-0.25, -0.2) is 0 Å². The molecule has 1 heteroatoms. The van der Waals surface area contributed by atoms with Gasteiger partial charge < -0.3 is 4.74 Å². The van der Waals surface area contributed by atoms with E-state index in [9.17, 15) is 0 Å². The van der Waals surface area contributed by atoms with Crippen LogP contribution in [0.5, 0.6) is 5.75 Å². The lowest BCUT2D eigenvalue weighted by molar-refractivity contribution is 0.167. The average Bonchev–Trinajstić information content (AvgIpc) is 2.62. The van der Waals surface area contributed by atoms with Crippen LogP contribution in [0, 0.1) is 0 Å². The summed E-state index contributed by atoms with van der Waals surface area (Å²) in [5.41, 5.74) is 3.90. The molecule has 0 aliphatic carbocycles. The summed E-state index contributed by atoms with van der Waals surface area (Å²) in [4.78, 5) is 0. The number of fused-ring (bicyclic) bond motifs is 1. The molecule has 2 atom stereocenters. The average molecular weight is 286 g/mol. The molecule has 0 fully saturated rings. The predicted molar refractivity (Wildman–Crippen MR) is 89.2 cm³/mol. The molecule has 3 aromatic rings. The van der Waals surface area contributed by atoms with Gasteiger partial charge in [-0.1, -0.05) is 78.9 Å². The van der Waals surface area contributed by atoms with Crippen molar-refractivity contribution in [3.05, 3.63) is 102 Å². The van der Waals surface area contributed by atoms with Crippen molar-refractivity contribution in [2.24, 2.45) is 0 Å². The lowest BCUT2D eigenvalue weighted by Gasteiger charge is -2.33. The minimum Gasteiger partial charge on any atom is -0.485 e. The Hall–Kier alpha value is -2.54. The van der Waals surface area contributed by atoms with Crippen molar-refractivity contribution in [2.45, 2.75) is 18.4 Å². The standard InChI is InChI=1S/C21H18O/c1-3-9-16(10-4-1)19-15-21(17-11-5-2-6-12-17)22-20-14-8-7-13-18(19)20/h1-14,19,21H,15H2/t19-,21-/m0/s1. The molecule has 1 heterocycles. The van der Waals surface area contributed by atoms with Crippen LogP contribution < -0.4 is 4.74 Å². The van der Waals surface area contributed by atoms with Crippen LogP contribution in [-0.4, -0.2) is 0 Å². The van der Waals surface area contributed by atoms with Crippen molar-refractivity contribution < 1.29 is 4.74 Å². The number of ether oxygens (including phenoxy) is 1. The molecule has 0 amide bonds.